The lowest BCUT2D eigenvalue weighted by atomic mass is 9.99. The number of benzene rings is 2. The van der Waals surface area contributed by atoms with Crippen LogP contribution in [0.25, 0.3) is 0 Å². The molecule has 1 heterocycles. The Bertz CT molecular complexity index is 888. The monoisotopic (exact) mass is 416 g/mol. The molecule has 1 N–H and O–H groups in total. The first-order valence-corrected chi connectivity index (χ1v) is 10.1. The molecule has 0 fully saturated rings. The number of fused-ring (bicyclic) bond motifs is 1. The van der Waals surface area contributed by atoms with Crippen LogP contribution in [0.3, 0.4) is 0 Å². The SMILES string of the molecule is COc1ccc(CCC(=O)NCCN2CCc3cc(OC)c(OC)cc3C2)cc1F. The number of rotatable bonds is 9. The Kier molecular flexibility index (Phi) is 7.52. The van der Waals surface area contributed by atoms with E-state index in [-0.39, 0.29) is 11.7 Å². The van der Waals surface area contributed by atoms with Gasteiger partial charge >= 0.3 is 0 Å². The standard InChI is InChI=1S/C23H29FN2O4/c1-28-20-6-4-16(12-19(20)24)5-7-23(27)25-9-11-26-10-8-17-13-21(29-2)22(30-3)14-18(17)15-26/h4,6,12-14H,5,7-11,15H2,1-3H3,(H,25,27). The average Bonchev–Trinajstić information content (AvgIpc) is 2.76. The fourth-order valence-corrected chi connectivity index (χ4v) is 3.70. The molecule has 7 heteroatoms. The third kappa shape index (κ3) is 5.42. The molecule has 0 spiro atoms. The zero-order valence-corrected chi connectivity index (χ0v) is 17.8. The van der Waals surface area contributed by atoms with E-state index in [0.717, 1.165) is 43.1 Å². The minimum absolute atomic E-state index is 0.0324. The molecule has 0 saturated heterocycles. The van der Waals surface area contributed by atoms with Crippen LogP contribution < -0.4 is 19.5 Å². The first-order valence-electron chi connectivity index (χ1n) is 10.1. The van der Waals surface area contributed by atoms with E-state index in [1.54, 1.807) is 26.4 Å². The number of hydrogen-bond donors (Lipinski definition) is 1. The summed E-state index contributed by atoms with van der Waals surface area (Å²) in [5.74, 6) is 1.27. The van der Waals surface area contributed by atoms with Gasteiger partial charge in [0, 0.05) is 32.6 Å². The number of carbonyl (C=O) groups excluding carboxylic acids is 1. The van der Waals surface area contributed by atoms with Crippen molar-refractivity contribution in [3.63, 3.8) is 0 Å². The summed E-state index contributed by atoms with van der Waals surface area (Å²) in [5.41, 5.74) is 3.28. The summed E-state index contributed by atoms with van der Waals surface area (Å²) < 4.78 is 29.4. The molecule has 2 aromatic rings. The fraction of sp³-hybridized carbons (Fsp3) is 0.435. The van der Waals surface area contributed by atoms with Gasteiger partial charge in [-0.15, -0.1) is 0 Å². The van der Waals surface area contributed by atoms with Crippen molar-refractivity contribution >= 4 is 5.91 Å². The minimum Gasteiger partial charge on any atom is -0.494 e. The van der Waals surface area contributed by atoms with E-state index in [9.17, 15) is 9.18 Å². The highest BCUT2D eigenvalue weighted by Gasteiger charge is 2.19. The van der Waals surface area contributed by atoms with Crippen molar-refractivity contribution in [2.24, 2.45) is 0 Å². The Morgan fingerprint density at radius 2 is 1.73 bits per heavy atom. The average molecular weight is 416 g/mol. The Hall–Kier alpha value is -2.80. The summed E-state index contributed by atoms with van der Waals surface area (Å²) in [7, 11) is 4.72. The Labute approximate surface area is 176 Å². The van der Waals surface area contributed by atoms with Gasteiger partial charge in [0.15, 0.2) is 23.1 Å². The quantitative estimate of drug-likeness (QED) is 0.681. The Balaban J connectivity index is 1.43. The van der Waals surface area contributed by atoms with Crippen LogP contribution in [0.15, 0.2) is 30.3 Å². The third-order valence-electron chi connectivity index (χ3n) is 5.40. The second-order valence-electron chi connectivity index (χ2n) is 7.32. The Morgan fingerprint density at radius 1 is 1.03 bits per heavy atom. The van der Waals surface area contributed by atoms with Gasteiger partial charge in [-0.1, -0.05) is 6.07 Å². The minimum atomic E-state index is -0.407. The van der Waals surface area contributed by atoms with Crippen molar-refractivity contribution in [1.29, 1.82) is 0 Å². The second kappa shape index (κ2) is 10.3. The maximum absolute atomic E-state index is 13.7. The second-order valence-corrected chi connectivity index (χ2v) is 7.32. The summed E-state index contributed by atoms with van der Waals surface area (Å²) in [5, 5.41) is 2.96. The van der Waals surface area contributed by atoms with Gasteiger partial charge in [-0.25, -0.2) is 4.39 Å². The van der Waals surface area contributed by atoms with Crippen LogP contribution >= 0.6 is 0 Å². The maximum atomic E-state index is 13.7. The molecule has 1 aliphatic heterocycles. The smallest absolute Gasteiger partial charge is 0.220 e. The highest BCUT2D eigenvalue weighted by molar-refractivity contribution is 5.76. The van der Waals surface area contributed by atoms with Crippen LogP contribution in [0, 0.1) is 5.82 Å². The van der Waals surface area contributed by atoms with E-state index in [0.29, 0.717) is 19.4 Å². The van der Waals surface area contributed by atoms with Gasteiger partial charge in [0.25, 0.3) is 0 Å². The van der Waals surface area contributed by atoms with Crippen molar-refractivity contribution in [2.45, 2.75) is 25.8 Å². The molecule has 0 saturated carbocycles. The first kappa shape index (κ1) is 21.9. The normalized spacial score (nSPS) is 13.5. The van der Waals surface area contributed by atoms with Gasteiger partial charge in [0.05, 0.1) is 21.3 Å². The van der Waals surface area contributed by atoms with Crippen LogP contribution in [-0.4, -0.2) is 51.8 Å². The molecule has 1 amide bonds. The van der Waals surface area contributed by atoms with Crippen molar-refractivity contribution in [3.8, 4) is 17.2 Å². The molecule has 2 aromatic carbocycles. The summed E-state index contributed by atoms with van der Waals surface area (Å²) in [6, 6.07) is 8.87. The van der Waals surface area contributed by atoms with Gasteiger partial charge in [0.1, 0.15) is 0 Å². The number of methoxy groups -OCH3 is 3. The highest BCUT2D eigenvalue weighted by Crippen LogP contribution is 2.33. The molecule has 0 atom stereocenters. The van der Waals surface area contributed by atoms with Gasteiger partial charge in [-0.3, -0.25) is 9.69 Å². The van der Waals surface area contributed by atoms with Crippen LogP contribution in [0.5, 0.6) is 17.2 Å². The van der Waals surface area contributed by atoms with Crippen molar-refractivity contribution in [1.82, 2.24) is 10.2 Å². The molecular weight excluding hydrogens is 387 g/mol. The van der Waals surface area contributed by atoms with Gasteiger partial charge in [-0.05, 0) is 53.8 Å². The van der Waals surface area contributed by atoms with Gasteiger partial charge in [0.2, 0.25) is 5.91 Å². The molecule has 162 valence electrons. The molecule has 0 radical (unpaired) electrons. The molecule has 3 rings (SSSR count). The van der Waals surface area contributed by atoms with Crippen LogP contribution in [0.4, 0.5) is 4.39 Å². The largest absolute Gasteiger partial charge is 0.494 e. The zero-order chi connectivity index (χ0) is 21.5. The number of nitrogens with one attached hydrogen (secondary N) is 1. The van der Waals surface area contributed by atoms with E-state index >= 15 is 0 Å². The summed E-state index contributed by atoms with van der Waals surface area (Å²) in [6.07, 6.45) is 1.75. The first-order chi connectivity index (χ1) is 14.5. The third-order valence-corrected chi connectivity index (χ3v) is 5.40. The predicted octanol–water partition coefficient (Wildman–Crippen LogP) is 2.96. The maximum Gasteiger partial charge on any atom is 0.220 e. The molecule has 0 bridgehead atoms. The molecule has 1 aliphatic rings. The lowest BCUT2D eigenvalue weighted by Crippen LogP contribution is -2.37. The highest BCUT2D eigenvalue weighted by atomic mass is 19.1. The van der Waals surface area contributed by atoms with E-state index in [1.165, 1.54) is 24.3 Å². The zero-order valence-electron chi connectivity index (χ0n) is 17.8. The molecular formula is C23H29FN2O4. The summed E-state index contributed by atoms with van der Waals surface area (Å²) >= 11 is 0. The summed E-state index contributed by atoms with van der Waals surface area (Å²) in [4.78, 5) is 14.5. The molecule has 0 aliphatic carbocycles. The number of nitrogens with zero attached hydrogens (tertiary/aromatic N) is 1. The van der Waals surface area contributed by atoms with Crippen molar-refractivity contribution < 1.29 is 23.4 Å². The lowest BCUT2D eigenvalue weighted by molar-refractivity contribution is -0.121. The topological polar surface area (TPSA) is 60.0 Å². The lowest BCUT2D eigenvalue weighted by Gasteiger charge is -2.29. The summed E-state index contributed by atoms with van der Waals surface area (Å²) in [6.45, 7) is 3.11. The van der Waals surface area contributed by atoms with Crippen molar-refractivity contribution in [3.05, 3.63) is 52.8 Å². The number of amides is 1. The number of aryl methyl sites for hydroxylation is 1. The van der Waals surface area contributed by atoms with Gasteiger partial charge in [-0.2, -0.15) is 0 Å². The molecule has 30 heavy (non-hydrogen) atoms. The van der Waals surface area contributed by atoms with E-state index in [1.807, 2.05) is 6.07 Å². The van der Waals surface area contributed by atoms with Gasteiger partial charge < -0.3 is 19.5 Å². The Morgan fingerprint density at radius 3 is 2.40 bits per heavy atom. The number of halogens is 1. The van der Waals surface area contributed by atoms with Crippen molar-refractivity contribution in [2.75, 3.05) is 41.0 Å². The van der Waals surface area contributed by atoms with E-state index < -0.39 is 5.82 Å². The van der Waals surface area contributed by atoms with Crippen LogP contribution in [0.1, 0.15) is 23.1 Å². The molecule has 6 nitrogen and oxygen atoms in total. The number of carbonyl (C=O) groups is 1. The fourth-order valence-electron chi connectivity index (χ4n) is 3.70. The van der Waals surface area contributed by atoms with E-state index in [2.05, 4.69) is 16.3 Å². The molecule has 0 aromatic heterocycles. The number of hydrogen-bond acceptors (Lipinski definition) is 5. The van der Waals surface area contributed by atoms with E-state index in [4.69, 9.17) is 14.2 Å². The van der Waals surface area contributed by atoms with Crippen LogP contribution in [0.2, 0.25) is 0 Å². The predicted molar refractivity (Wildman–Crippen MR) is 113 cm³/mol. The molecule has 0 unspecified atom stereocenters. The van der Waals surface area contributed by atoms with Crippen LogP contribution in [-0.2, 0) is 24.2 Å². The number of ether oxygens (including phenoxy) is 3.